The third-order valence-corrected chi connectivity index (χ3v) is 3.42. The van der Waals surface area contributed by atoms with E-state index in [2.05, 4.69) is 29.2 Å². The Labute approximate surface area is 120 Å². The molecule has 0 aliphatic rings. The Morgan fingerprint density at radius 2 is 1.35 bits per heavy atom. The Hall–Kier alpha value is -2.13. The molecule has 0 aromatic heterocycles. The molecule has 0 radical (unpaired) electrons. The van der Waals surface area contributed by atoms with Crippen LogP contribution in [0.15, 0.2) is 60.7 Å². The van der Waals surface area contributed by atoms with Gasteiger partial charge >= 0.3 is 0 Å². The molecule has 0 fully saturated rings. The van der Waals surface area contributed by atoms with Crippen molar-refractivity contribution in [2.24, 2.45) is 5.73 Å². The molecule has 3 heteroatoms. The maximum absolute atomic E-state index is 11.5. The van der Waals surface area contributed by atoms with Crippen molar-refractivity contribution in [3.05, 3.63) is 71.8 Å². The van der Waals surface area contributed by atoms with Crippen LogP contribution >= 0.6 is 0 Å². The minimum absolute atomic E-state index is 0.295. The maximum Gasteiger partial charge on any atom is 0.234 e. The predicted octanol–water partition coefficient (Wildman–Crippen LogP) is 2.56. The van der Waals surface area contributed by atoms with Crippen LogP contribution in [0, 0.1) is 0 Å². The molecular weight excluding hydrogens is 248 g/mol. The fourth-order valence-electron chi connectivity index (χ4n) is 2.15. The summed E-state index contributed by atoms with van der Waals surface area (Å²) in [5.41, 5.74) is 7.82. The molecule has 0 saturated carbocycles. The van der Waals surface area contributed by atoms with Gasteiger partial charge in [0.05, 0.1) is 6.04 Å². The first-order valence-electron chi connectivity index (χ1n) is 6.78. The van der Waals surface area contributed by atoms with Gasteiger partial charge < -0.3 is 5.73 Å². The van der Waals surface area contributed by atoms with Crippen LogP contribution in [0.25, 0.3) is 0 Å². The van der Waals surface area contributed by atoms with Gasteiger partial charge in [-0.3, -0.25) is 9.69 Å². The summed E-state index contributed by atoms with van der Waals surface area (Å²) < 4.78 is 0. The van der Waals surface area contributed by atoms with Crippen molar-refractivity contribution >= 4 is 5.91 Å². The Morgan fingerprint density at radius 3 is 1.70 bits per heavy atom. The van der Waals surface area contributed by atoms with E-state index in [1.807, 2.05) is 43.3 Å². The zero-order valence-corrected chi connectivity index (χ0v) is 11.7. The second-order valence-electron chi connectivity index (χ2n) is 4.95. The van der Waals surface area contributed by atoms with Gasteiger partial charge in [-0.25, -0.2) is 0 Å². The Kier molecular flexibility index (Phi) is 4.91. The second-order valence-corrected chi connectivity index (χ2v) is 4.95. The van der Waals surface area contributed by atoms with E-state index < -0.39 is 0 Å². The van der Waals surface area contributed by atoms with Crippen molar-refractivity contribution in [3.63, 3.8) is 0 Å². The zero-order chi connectivity index (χ0) is 14.4. The molecule has 0 heterocycles. The van der Waals surface area contributed by atoms with E-state index in [-0.39, 0.29) is 11.9 Å². The van der Waals surface area contributed by atoms with Gasteiger partial charge in [-0.05, 0) is 18.1 Å². The van der Waals surface area contributed by atoms with Crippen molar-refractivity contribution in [1.82, 2.24) is 4.90 Å². The number of benzene rings is 2. The summed E-state index contributed by atoms with van der Waals surface area (Å²) in [6.45, 7) is 3.27. The van der Waals surface area contributed by atoms with Crippen molar-refractivity contribution < 1.29 is 4.79 Å². The van der Waals surface area contributed by atoms with Crippen LogP contribution in [0.1, 0.15) is 18.1 Å². The first kappa shape index (κ1) is 14.3. The predicted molar refractivity (Wildman–Crippen MR) is 80.8 cm³/mol. The number of amides is 1. The summed E-state index contributed by atoms with van der Waals surface area (Å²) >= 11 is 0. The van der Waals surface area contributed by atoms with Crippen LogP contribution in [-0.4, -0.2) is 16.8 Å². The topological polar surface area (TPSA) is 46.3 Å². The highest BCUT2D eigenvalue weighted by molar-refractivity contribution is 5.79. The molecule has 0 aliphatic carbocycles. The van der Waals surface area contributed by atoms with Crippen LogP contribution in [0.5, 0.6) is 0 Å². The second kappa shape index (κ2) is 6.87. The van der Waals surface area contributed by atoms with Gasteiger partial charge in [-0.2, -0.15) is 0 Å². The minimum atomic E-state index is -0.296. The van der Waals surface area contributed by atoms with Gasteiger partial charge in [0.2, 0.25) is 5.91 Å². The van der Waals surface area contributed by atoms with E-state index >= 15 is 0 Å². The van der Waals surface area contributed by atoms with E-state index in [0.717, 1.165) is 0 Å². The van der Waals surface area contributed by atoms with E-state index in [4.69, 9.17) is 5.73 Å². The molecule has 2 aromatic carbocycles. The molecule has 0 aliphatic heterocycles. The minimum Gasteiger partial charge on any atom is -0.368 e. The molecule has 3 nitrogen and oxygen atoms in total. The first-order chi connectivity index (χ1) is 9.66. The van der Waals surface area contributed by atoms with Crippen LogP contribution in [0.2, 0.25) is 0 Å². The lowest BCUT2D eigenvalue weighted by Crippen LogP contribution is -2.41. The normalized spacial score (nSPS) is 12.3. The monoisotopic (exact) mass is 268 g/mol. The van der Waals surface area contributed by atoms with Crippen LogP contribution in [0.3, 0.4) is 0 Å². The molecule has 1 unspecified atom stereocenters. The highest BCUT2D eigenvalue weighted by Gasteiger charge is 2.19. The Bertz CT molecular complexity index is 498. The van der Waals surface area contributed by atoms with Gasteiger partial charge in [0, 0.05) is 13.1 Å². The van der Waals surface area contributed by atoms with Gasteiger partial charge in [0.1, 0.15) is 0 Å². The molecule has 20 heavy (non-hydrogen) atoms. The average molecular weight is 268 g/mol. The number of primary amides is 1. The van der Waals surface area contributed by atoms with Crippen molar-refractivity contribution in [3.8, 4) is 0 Å². The third-order valence-electron chi connectivity index (χ3n) is 3.42. The SMILES string of the molecule is CC(C(N)=O)N(Cc1ccccc1)Cc1ccccc1. The summed E-state index contributed by atoms with van der Waals surface area (Å²) in [4.78, 5) is 13.6. The molecule has 2 aromatic rings. The molecular formula is C17H20N2O. The van der Waals surface area contributed by atoms with Gasteiger partial charge in [-0.1, -0.05) is 60.7 Å². The Balaban J connectivity index is 2.14. The number of rotatable bonds is 6. The van der Waals surface area contributed by atoms with Crippen LogP contribution in [-0.2, 0) is 17.9 Å². The molecule has 1 atom stereocenters. The number of hydrogen-bond acceptors (Lipinski definition) is 2. The highest BCUT2D eigenvalue weighted by Crippen LogP contribution is 2.13. The first-order valence-corrected chi connectivity index (χ1v) is 6.78. The molecule has 0 bridgehead atoms. The zero-order valence-electron chi connectivity index (χ0n) is 11.7. The van der Waals surface area contributed by atoms with Crippen LogP contribution < -0.4 is 5.73 Å². The van der Waals surface area contributed by atoms with Crippen molar-refractivity contribution in [2.75, 3.05) is 0 Å². The van der Waals surface area contributed by atoms with Gasteiger partial charge in [-0.15, -0.1) is 0 Å². The summed E-state index contributed by atoms with van der Waals surface area (Å²) in [6.07, 6.45) is 0. The number of carbonyl (C=O) groups is 1. The number of nitrogens with zero attached hydrogens (tertiary/aromatic N) is 1. The summed E-state index contributed by atoms with van der Waals surface area (Å²) in [6, 6.07) is 19.9. The molecule has 0 saturated heterocycles. The van der Waals surface area contributed by atoms with E-state index in [0.29, 0.717) is 13.1 Å². The van der Waals surface area contributed by atoms with E-state index in [1.165, 1.54) is 11.1 Å². The number of hydrogen-bond donors (Lipinski definition) is 1. The number of nitrogens with two attached hydrogens (primary N) is 1. The number of carbonyl (C=O) groups excluding carboxylic acids is 1. The lowest BCUT2D eigenvalue weighted by atomic mass is 10.1. The maximum atomic E-state index is 11.5. The molecule has 2 N–H and O–H groups in total. The van der Waals surface area contributed by atoms with E-state index in [1.54, 1.807) is 0 Å². The van der Waals surface area contributed by atoms with Crippen molar-refractivity contribution in [1.29, 1.82) is 0 Å². The molecule has 104 valence electrons. The summed E-state index contributed by atoms with van der Waals surface area (Å²) in [5, 5.41) is 0. The van der Waals surface area contributed by atoms with Crippen LogP contribution in [0.4, 0.5) is 0 Å². The fourth-order valence-corrected chi connectivity index (χ4v) is 2.15. The lowest BCUT2D eigenvalue weighted by molar-refractivity contribution is -0.123. The van der Waals surface area contributed by atoms with Gasteiger partial charge in [0.15, 0.2) is 0 Å². The standard InChI is InChI=1S/C17H20N2O/c1-14(17(18)20)19(12-15-8-4-2-5-9-15)13-16-10-6-3-7-11-16/h2-11,14H,12-13H2,1H3,(H2,18,20). The van der Waals surface area contributed by atoms with E-state index in [9.17, 15) is 4.79 Å². The van der Waals surface area contributed by atoms with Gasteiger partial charge in [0.25, 0.3) is 0 Å². The third kappa shape index (κ3) is 3.93. The van der Waals surface area contributed by atoms with Crippen molar-refractivity contribution in [2.45, 2.75) is 26.1 Å². The largest absolute Gasteiger partial charge is 0.368 e. The fraction of sp³-hybridized carbons (Fsp3) is 0.235. The highest BCUT2D eigenvalue weighted by atomic mass is 16.1. The molecule has 1 amide bonds. The molecule has 2 rings (SSSR count). The lowest BCUT2D eigenvalue weighted by Gasteiger charge is -2.27. The molecule has 0 spiro atoms. The Morgan fingerprint density at radius 1 is 0.950 bits per heavy atom. The summed E-state index contributed by atoms with van der Waals surface area (Å²) in [5.74, 6) is -0.295. The average Bonchev–Trinajstić information content (AvgIpc) is 2.48. The smallest absolute Gasteiger partial charge is 0.234 e. The quantitative estimate of drug-likeness (QED) is 0.875. The summed E-state index contributed by atoms with van der Waals surface area (Å²) in [7, 11) is 0.